The van der Waals surface area contributed by atoms with Gasteiger partial charge in [-0.05, 0) is 37.4 Å². The first-order chi connectivity index (χ1) is 8.68. The van der Waals surface area contributed by atoms with Crippen LogP contribution in [0.1, 0.15) is 71.6 Å². The van der Waals surface area contributed by atoms with E-state index in [0.717, 1.165) is 17.6 Å². The fraction of sp³-hybridized carbons (Fsp3) is 0.933. The second kappa shape index (κ2) is 9.60. The summed E-state index contributed by atoms with van der Waals surface area (Å²) < 4.78 is 0. The van der Waals surface area contributed by atoms with E-state index in [9.17, 15) is 0 Å². The summed E-state index contributed by atoms with van der Waals surface area (Å²) in [6.45, 7) is 5.63. The summed E-state index contributed by atoms with van der Waals surface area (Å²) in [6.07, 6.45) is 12.0. The van der Waals surface area contributed by atoms with Crippen LogP contribution in [0.3, 0.4) is 0 Å². The average Bonchev–Trinajstić information content (AvgIpc) is 2.80. The third-order valence-electron chi connectivity index (χ3n) is 3.68. The summed E-state index contributed by atoms with van der Waals surface area (Å²) in [5.74, 6) is 0.853. The molecular weight excluding hydrogens is 240 g/mol. The van der Waals surface area contributed by atoms with Crippen molar-refractivity contribution in [1.29, 1.82) is 0 Å². The van der Waals surface area contributed by atoms with E-state index in [1.807, 2.05) is 0 Å². The number of nitrogens with one attached hydrogen (secondary N) is 2. The molecule has 1 rings (SSSR count). The molecule has 0 aromatic carbocycles. The van der Waals surface area contributed by atoms with Crippen molar-refractivity contribution >= 4 is 17.3 Å². The summed E-state index contributed by atoms with van der Waals surface area (Å²) in [5.41, 5.74) is 0. The largest absolute Gasteiger partial charge is 0.363 e. The van der Waals surface area contributed by atoms with E-state index in [4.69, 9.17) is 12.2 Å². The van der Waals surface area contributed by atoms with E-state index in [-0.39, 0.29) is 0 Å². The van der Waals surface area contributed by atoms with Crippen LogP contribution in [0.15, 0.2) is 0 Å². The molecule has 2 N–H and O–H groups in total. The summed E-state index contributed by atoms with van der Waals surface area (Å²) >= 11 is 5.30. The maximum absolute atomic E-state index is 5.30. The van der Waals surface area contributed by atoms with E-state index in [0.29, 0.717) is 6.04 Å². The molecule has 0 saturated heterocycles. The third-order valence-corrected chi connectivity index (χ3v) is 3.95. The molecule has 2 nitrogen and oxygen atoms in total. The highest BCUT2D eigenvalue weighted by Crippen LogP contribution is 2.17. The second-order valence-electron chi connectivity index (χ2n) is 5.98. The molecule has 0 atom stereocenters. The quantitative estimate of drug-likeness (QED) is 0.515. The maximum atomic E-state index is 5.30. The Bertz CT molecular complexity index is 223. The molecule has 1 aliphatic rings. The van der Waals surface area contributed by atoms with Crippen molar-refractivity contribution in [3.63, 3.8) is 0 Å². The van der Waals surface area contributed by atoms with Crippen molar-refractivity contribution in [1.82, 2.24) is 10.6 Å². The van der Waals surface area contributed by atoms with Gasteiger partial charge in [-0.25, -0.2) is 0 Å². The van der Waals surface area contributed by atoms with Crippen LogP contribution >= 0.6 is 12.2 Å². The first-order valence-corrected chi connectivity index (χ1v) is 8.13. The highest BCUT2D eigenvalue weighted by Gasteiger charge is 2.14. The number of rotatable bonds is 8. The standard InChI is InChI=1S/C15H30N2S/c1-13(2)9-5-3-4-8-12-16-15(18)17-14-10-6-7-11-14/h13-14H,3-12H2,1-2H3,(H2,16,17,18). The Kier molecular flexibility index (Phi) is 8.40. The van der Waals surface area contributed by atoms with Crippen molar-refractivity contribution in [3.8, 4) is 0 Å². The lowest BCUT2D eigenvalue weighted by molar-refractivity contribution is 0.518. The zero-order valence-electron chi connectivity index (χ0n) is 12.1. The molecule has 0 amide bonds. The van der Waals surface area contributed by atoms with Gasteiger partial charge in [-0.1, -0.05) is 52.4 Å². The van der Waals surface area contributed by atoms with Crippen molar-refractivity contribution in [2.24, 2.45) is 5.92 Å². The van der Waals surface area contributed by atoms with Crippen molar-refractivity contribution in [2.45, 2.75) is 77.7 Å². The van der Waals surface area contributed by atoms with Gasteiger partial charge in [0.25, 0.3) is 0 Å². The van der Waals surface area contributed by atoms with E-state index in [1.54, 1.807) is 0 Å². The Hall–Kier alpha value is -0.310. The smallest absolute Gasteiger partial charge is 0.166 e. The Labute approximate surface area is 118 Å². The number of unbranched alkanes of at least 4 members (excludes halogenated alkanes) is 3. The lowest BCUT2D eigenvalue weighted by Crippen LogP contribution is -2.40. The maximum Gasteiger partial charge on any atom is 0.166 e. The molecule has 0 aliphatic heterocycles. The van der Waals surface area contributed by atoms with Crippen LogP contribution in [0.25, 0.3) is 0 Å². The molecule has 0 aromatic heterocycles. The van der Waals surface area contributed by atoms with E-state index in [2.05, 4.69) is 24.5 Å². The van der Waals surface area contributed by atoms with Crippen LogP contribution < -0.4 is 10.6 Å². The van der Waals surface area contributed by atoms with Gasteiger partial charge >= 0.3 is 0 Å². The highest BCUT2D eigenvalue weighted by molar-refractivity contribution is 7.80. The zero-order chi connectivity index (χ0) is 13.2. The molecule has 1 fully saturated rings. The fourth-order valence-corrected chi connectivity index (χ4v) is 2.81. The Balaban J connectivity index is 1.86. The Morgan fingerprint density at radius 3 is 2.44 bits per heavy atom. The normalized spacial score (nSPS) is 16.2. The molecule has 0 bridgehead atoms. The number of thiocarbonyl (C=S) groups is 1. The van der Waals surface area contributed by atoms with Crippen LogP contribution in [0.5, 0.6) is 0 Å². The molecule has 0 radical (unpaired) electrons. The minimum Gasteiger partial charge on any atom is -0.363 e. The third kappa shape index (κ3) is 7.91. The van der Waals surface area contributed by atoms with Gasteiger partial charge in [0.15, 0.2) is 5.11 Å². The summed E-state index contributed by atoms with van der Waals surface area (Å²) in [6, 6.07) is 0.635. The highest BCUT2D eigenvalue weighted by atomic mass is 32.1. The van der Waals surface area contributed by atoms with Crippen LogP contribution in [0.4, 0.5) is 0 Å². The fourth-order valence-electron chi connectivity index (χ4n) is 2.54. The molecule has 1 saturated carbocycles. The molecule has 0 aromatic rings. The monoisotopic (exact) mass is 270 g/mol. The molecule has 0 spiro atoms. The molecule has 1 aliphatic carbocycles. The van der Waals surface area contributed by atoms with Gasteiger partial charge < -0.3 is 10.6 Å². The lowest BCUT2D eigenvalue weighted by Gasteiger charge is -2.15. The van der Waals surface area contributed by atoms with Crippen molar-refractivity contribution < 1.29 is 0 Å². The van der Waals surface area contributed by atoms with E-state index >= 15 is 0 Å². The molecule has 106 valence electrons. The average molecular weight is 270 g/mol. The molecule has 3 heteroatoms. The van der Waals surface area contributed by atoms with Gasteiger partial charge in [-0.3, -0.25) is 0 Å². The van der Waals surface area contributed by atoms with Crippen molar-refractivity contribution in [3.05, 3.63) is 0 Å². The summed E-state index contributed by atoms with van der Waals surface area (Å²) in [5, 5.41) is 7.61. The SMILES string of the molecule is CC(C)CCCCCCNC(=S)NC1CCCC1. The minimum atomic E-state index is 0.635. The van der Waals surface area contributed by atoms with E-state index in [1.165, 1.54) is 57.8 Å². The van der Waals surface area contributed by atoms with Gasteiger partial charge in [0, 0.05) is 12.6 Å². The first-order valence-electron chi connectivity index (χ1n) is 7.73. The van der Waals surface area contributed by atoms with Crippen LogP contribution in [-0.2, 0) is 0 Å². The molecule has 18 heavy (non-hydrogen) atoms. The summed E-state index contributed by atoms with van der Waals surface area (Å²) in [4.78, 5) is 0. The zero-order valence-corrected chi connectivity index (χ0v) is 13.0. The molecule has 0 heterocycles. The molecular formula is C15H30N2S. The van der Waals surface area contributed by atoms with Crippen LogP contribution in [-0.4, -0.2) is 17.7 Å². The second-order valence-corrected chi connectivity index (χ2v) is 6.39. The Morgan fingerprint density at radius 2 is 1.78 bits per heavy atom. The number of hydrogen-bond acceptors (Lipinski definition) is 1. The first kappa shape index (κ1) is 15.7. The predicted molar refractivity (Wildman–Crippen MR) is 83.9 cm³/mol. The van der Waals surface area contributed by atoms with Gasteiger partial charge in [0.05, 0.1) is 0 Å². The molecule has 0 unspecified atom stereocenters. The van der Waals surface area contributed by atoms with Gasteiger partial charge in [-0.2, -0.15) is 0 Å². The minimum absolute atomic E-state index is 0.635. The van der Waals surface area contributed by atoms with Crippen LogP contribution in [0.2, 0.25) is 0 Å². The van der Waals surface area contributed by atoms with Gasteiger partial charge in [0.2, 0.25) is 0 Å². The van der Waals surface area contributed by atoms with Gasteiger partial charge in [0.1, 0.15) is 0 Å². The van der Waals surface area contributed by atoms with E-state index < -0.39 is 0 Å². The van der Waals surface area contributed by atoms with Crippen LogP contribution in [0, 0.1) is 5.92 Å². The Morgan fingerprint density at radius 1 is 1.11 bits per heavy atom. The topological polar surface area (TPSA) is 24.1 Å². The van der Waals surface area contributed by atoms with Gasteiger partial charge in [-0.15, -0.1) is 0 Å². The lowest BCUT2D eigenvalue weighted by atomic mass is 10.0. The summed E-state index contributed by atoms with van der Waals surface area (Å²) in [7, 11) is 0. The predicted octanol–water partition coefficient (Wildman–Crippen LogP) is 4.00. The number of hydrogen-bond donors (Lipinski definition) is 2. The van der Waals surface area contributed by atoms with Crippen molar-refractivity contribution in [2.75, 3.05) is 6.54 Å².